The van der Waals surface area contributed by atoms with Crippen molar-refractivity contribution in [1.82, 2.24) is 0 Å². The van der Waals surface area contributed by atoms with E-state index < -0.39 is 12.5 Å². The number of rotatable bonds is 3. The Kier molecular flexibility index (Phi) is 3.48. The van der Waals surface area contributed by atoms with Gasteiger partial charge < -0.3 is 0 Å². The molecule has 1 unspecified atom stereocenters. The van der Waals surface area contributed by atoms with Crippen LogP contribution in [0.3, 0.4) is 0 Å². The first-order valence-corrected chi connectivity index (χ1v) is 4.07. The number of hydrogen-bond acceptors (Lipinski definition) is 2. The number of halogens is 2. The molecule has 1 rings (SSSR count). The Bertz CT molecular complexity index is 359. The largest absolute Gasteiger partial charge is 0.265 e. The average molecular weight is 197 g/mol. The highest BCUT2D eigenvalue weighted by Crippen LogP contribution is 2.24. The van der Waals surface area contributed by atoms with Crippen LogP contribution < -0.4 is 0 Å². The Morgan fingerprint density at radius 3 is 2.64 bits per heavy atom. The van der Waals surface area contributed by atoms with Gasteiger partial charge >= 0.3 is 0 Å². The van der Waals surface area contributed by atoms with Crippen LogP contribution in [0.15, 0.2) is 29.3 Å². The predicted molar refractivity (Wildman–Crippen MR) is 48.0 cm³/mol. The summed E-state index contributed by atoms with van der Waals surface area (Å²) >= 11 is 0. The number of benzene rings is 1. The van der Waals surface area contributed by atoms with Gasteiger partial charge in [0.05, 0.1) is 0 Å². The summed E-state index contributed by atoms with van der Waals surface area (Å²) in [5.41, 5.74) is 1.19. The molecule has 0 aliphatic carbocycles. The van der Waals surface area contributed by atoms with Gasteiger partial charge in [-0.25, -0.2) is 13.6 Å². The van der Waals surface area contributed by atoms with Crippen LogP contribution in [0, 0.1) is 6.92 Å². The zero-order valence-electron chi connectivity index (χ0n) is 7.58. The molecule has 2 nitrogen and oxygen atoms in total. The van der Waals surface area contributed by atoms with Crippen molar-refractivity contribution >= 4 is 6.08 Å². The highest BCUT2D eigenvalue weighted by Gasteiger charge is 2.21. The van der Waals surface area contributed by atoms with E-state index in [1.165, 1.54) is 6.07 Å². The number of isocyanates is 1. The quantitative estimate of drug-likeness (QED) is 0.541. The van der Waals surface area contributed by atoms with Crippen molar-refractivity contribution in [2.45, 2.75) is 19.4 Å². The molecule has 0 fully saturated rings. The highest BCUT2D eigenvalue weighted by atomic mass is 19.3. The standard InChI is InChI=1S/C10H9F2NO/c1-7-3-2-4-8(5-7)9(10(11)12)13-6-14/h2-5,9-10H,1H3. The van der Waals surface area contributed by atoms with Crippen LogP contribution >= 0.6 is 0 Å². The predicted octanol–water partition coefficient (Wildman–Crippen LogP) is 2.64. The second-order valence-corrected chi connectivity index (χ2v) is 2.91. The molecule has 1 atom stereocenters. The lowest BCUT2D eigenvalue weighted by atomic mass is 10.1. The van der Waals surface area contributed by atoms with E-state index in [4.69, 9.17) is 0 Å². The molecule has 4 heteroatoms. The first kappa shape index (κ1) is 10.5. The maximum atomic E-state index is 12.4. The molecular formula is C10H9F2NO. The van der Waals surface area contributed by atoms with E-state index in [-0.39, 0.29) is 0 Å². The number of aliphatic imine (C=N–C) groups is 1. The molecule has 0 aromatic heterocycles. The lowest BCUT2D eigenvalue weighted by Gasteiger charge is -2.09. The van der Waals surface area contributed by atoms with Gasteiger partial charge in [-0.05, 0) is 12.5 Å². The fourth-order valence-corrected chi connectivity index (χ4v) is 1.19. The minimum Gasteiger partial charge on any atom is -0.211 e. The summed E-state index contributed by atoms with van der Waals surface area (Å²) in [5.74, 6) is 0. The van der Waals surface area contributed by atoms with Crippen LogP contribution in [0.2, 0.25) is 0 Å². The maximum absolute atomic E-state index is 12.4. The topological polar surface area (TPSA) is 29.4 Å². The second kappa shape index (κ2) is 4.63. The molecule has 0 heterocycles. The van der Waals surface area contributed by atoms with Crippen LogP contribution in [0.4, 0.5) is 8.78 Å². The zero-order valence-corrected chi connectivity index (χ0v) is 7.58. The van der Waals surface area contributed by atoms with Crippen molar-refractivity contribution in [2.24, 2.45) is 4.99 Å². The van der Waals surface area contributed by atoms with E-state index in [0.717, 1.165) is 11.6 Å². The molecule has 14 heavy (non-hydrogen) atoms. The van der Waals surface area contributed by atoms with Gasteiger partial charge in [-0.2, -0.15) is 4.99 Å². The number of hydrogen-bond donors (Lipinski definition) is 0. The van der Waals surface area contributed by atoms with Crippen molar-refractivity contribution in [3.8, 4) is 0 Å². The smallest absolute Gasteiger partial charge is 0.211 e. The van der Waals surface area contributed by atoms with Gasteiger partial charge in [-0.3, -0.25) is 0 Å². The van der Waals surface area contributed by atoms with Gasteiger partial charge in [0.15, 0.2) is 0 Å². The molecule has 1 aromatic carbocycles. The monoisotopic (exact) mass is 197 g/mol. The molecule has 0 saturated carbocycles. The molecule has 74 valence electrons. The van der Waals surface area contributed by atoms with Gasteiger partial charge in [0.25, 0.3) is 6.43 Å². The normalized spacial score (nSPS) is 12.3. The third kappa shape index (κ3) is 2.47. The summed E-state index contributed by atoms with van der Waals surface area (Å²) in [6, 6.07) is 5.15. The van der Waals surface area contributed by atoms with Crippen molar-refractivity contribution < 1.29 is 13.6 Å². The van der Waals surface area contributed by atoms with E-state index in [1.807, 2.05) is 0 Å². The Labute approximate surface area is 80.3 Å². The Balaban J connectivity index is 3.04. The SMILES string of the molecule is Cc1cccc(C(N=C=O)C(F)F)c1. The van der Waals surface area contributed by atoms with Gasteiger partial charge in [0.2, 0.25) is 6.08 Å². The molecule has 0 saturated heterocycles. The molecule has 0 bridgehead atoms. The number of alkyl halides is 2. The van der Waals surface area contributed by atoms with Gasteiger partial charge in [-0.1, -0.05) is 29.8 Å². The Morgan fingerprint density at radius 1 is 1.43 bits per heavy atom. The Hall–Kier alpha value is -1.54. The number of aryl methyl sites for hydroxylation is 1. The van der Waals surface area contributed by atoms with Crippen molar-refractivity contribution in [2.75, 3.05) is 0 Å². The summed E-state index contributed by atoms with van der Waals surface area (Å²) < 4.78 is 24.9. The number of nitrogens with zero attached hydrogens (tertiary/aromatic N) is 1. The minimum atomic E-state index is -2.68. The van der Waals surface area contributed by atoms with Crippen molar-refractivity contribution in [3.63, 3.8) is 0 Å². The Morgan fingerprint density at radius 2 is 2.14 bits per heavy atom. The molecule has 0 amide bonds. The van der Waals surface area contributed by atoms with E-state index in [2.05, 4.69) is 4.99 Å². The molecular weight excluding hydrogens is 188 g/mol. The summed E-state index contributed by atoms with van der Waals surface area (Å²) in [7, 11) is 0. The first-order valence-electron chi connectivity index (χ1n) is 4.07. The van der Waals surface area contributed by atoms with Crippen LogP contribution in [0.5, 0.6) is 0 Å². The molecule has 1 aromatic rings. The van der Waals surface area contributed by atoms with Crippen LogP contribution in [0.1, 0.15) is 17.2 Å². The molecule has 0 aliphatic heterocycles. The van der Waals surface area contributed by atoms with E-state index in [1.54, 1.807) is 25.1 Å². The lowest BCUT2D eigenvalue weighted by Crippen LogP contribution is -2.06. The van der Waals surface area contributed by atoms with Gasteiger partial charge in [-0.15, -0.1) is 0 Å². The summed E-state index contributed by atoms with van der Waals surface area (Å²) in [6.07, 6.45) is -1.52. The van der Waals surface area contributed by atoms with Crippen LogP contribution in [0.25, 0.3) is 0 Å². The van der Waals surface area contributed by atoms with Crippen LogP contribution in [-0.2, 0) is 4.79 Å². The van der Waals surface area contributed by atoms with Crippen molar-refractivity contribution in [1.29, 1.82) is 0 Å². The fourth-order valence-electron chi connectivity index (χ4n) is 1.19. The summed E-state index contributed by atoms with van der Waals surface area (Å²) in [6.45, 7) is 1.79. The molecule has 0 radical (unpaired) electrons. The van der Waals surface area contributed by atoms with Crippen molar-refractivity contribution in [3.05, 3.63) is 35.4 Å². The fraction of sp³-hybridized carbons (Fsp3) is 0.300. The third-order valence-electron chi connectivity index (χ3n) is 1.81. The highest BCUT2D eigenvalue weighted by molar-refractivity contribution is 5.36. The third-order valence-corrected chi connectivity index (χ3v) is 1.81. The molecule has 0 aliphatic rings. The second-order valence-electron chi connectivity index (χ2n) is 2.91. The summed E-state index contributed by atoms with van der Waals surface area (Å²) in [4.78, 5) is 13.0. The van der Waals surface area contributed by atoms with Gasteiger partial charge in [0.1, 0.15) is 6.04 Å². The summed E-state index contributed by atoms with van der Waals surface area (Å²) in [5, 5.41) is 0. The molecule has 0 N–H and O–H groups in total. The first-order chi connectivity index (χ1) is 6.65. The van der Waals surface area contributed by atoms with E-state index >= 15 is 0 Å². The van der Waals surface area contributed by atoms with E-state index in [0.29, 0.717) is 5.56 Å². The van der Waals surface area contributed by atoms with E-state index in [9.17, 15) is 13.6 Å². The minimum absolute atomic E-state index is 0.336. The van der Waals surface area contributed by atoms with Crippen LogP contribution in [-0.4, -0.2) is 12.5 Å². The maximum Gasteiger partial charge on any atom is 0.265 e. The number of carbonyl (C=O) groups excluding carboxylic acids is 1. The zero-order chi connectivity index (χ0) is 10.6. The molecule has 0 spiro atoms. The van der Waals surface area contributed by atoms with Gasteiger partial charge in [0, 0.05) is 0 Å². The average Bonchev–Trinajstić information content (AvgIpc) is 2.13. The lowest BCUT2D eigenvalue weighted by molar-refractivity contribution is 0.117.